The Kier molecular flexibility index (Phi) is 5.60. The molecule has 2 rings (SSSR count). The molecule has 2 unspecified atom stereocenters. The van der Waals surface area contributed by atoms with Gasteiger partial charge in [0.1, 0.15) is 5.75 Å². The van der Waals surface area contributed by atoms with E-state index in [1.807, 2.05) is 18.2 Å². The minimum atomic E-state index is -1.06. The number of hydrogen-bond donors (Lipinski definition) is 1. The molecule has 1 fully saturated rings. The Bertz CT molecular complexity index is 572. The first-order valence-corrected chi connectivity index (χ1v) is 7.77. The van der Waals surface area contributed by atoms with Gasteiger partial charge in [-0.3, -0.25) is 4.79 Å². The molecule has 1 heterocycles. The van der Waals surface area contributed by atoms with Gasteiger partial charge in [-0.25, -0.2) is 4.79 Å². The number of aliphatic carboxylic acids is 1. The molecule has 6 nitrogen and oxygen atoms in total. The highest BCUT2D eigenvalue weighted by atomic mass is 16.5. The number of carbonyl (C=O) groups is 2. The second-order valence-corrected chi connectivity index (χ2v) is 5.95. The van der Waals surface area contributed by atoms with Crippen molar-refractivity contribution in [1.29, 1.82) is 0 Å². The zero-order valence-electron chi connectivity index (χ0n) is 13.7. The number of morpholine rings is 1. The summed E-state index contributed by atoms with van der Waals surface area (Å²) in [4.78, 5) is 25.1. The van der Waals surface area contributed by atoms with Crippen molar-refractivity contribution in [2.75, 3.05) is 19.8 Å². The smallest absolute Gasteiger partial charge is 0.328 e. The summed E-state index contributed by atoms with van der Waals surface area (Å²) in [6.07, 6.45) is -0.752. The first-order valence-electron chi connectivity index (χ1n) is 7.77. The number of nitrogens with zero attached hydrogens (tertiary/aromatic N) is 1. The molecular weight excluding hydrogens is 298 g/mol. The van der Waals surface area contributed by atoms with Crippen LogP contribution in [0.4, 0.5) is 0 Å². The van der Waals surface area contributed by atoms with Crippen molar-refractivity contribution in [1.82, 2.24) is 4.90 Å². The SMILES string of the molecule is CC(Oc1cccc(C(C)C)c1)C(=O)N1CCOCC1C(=O)O. The minimum Gasteiger partial charge on any atom is -0.481 e. The first-order chi connectivity index (χ1) is 10.9. The van der Waals surface area contributed by atoms with E-state index in [0.29, 0.717) is 18.3 Å². The normalized spacial score (nSPS) is 19.5. The monoisotopic (exact) mass is 321 g/mol. The molecule has 1 aliphatic heterocycles. The molecule has 126 valence electrons. The minimum absolute atomic E-state index is 0.0105. The highest BCUT2D eigenvalue weighted by molar-refractivity contribution is 5.86. The van der Waals surface area contributed by atoms with E-state index in [2.05, 4.69) is 13.8 Å². The largest absolute Gasteiger partial charge is 0.481 e. The Morgan fingerprint density at radius 1 is 1.35 bits per heavy atom. The second kappa shape index (κ2) is 7.46. The molecule has 1 saturated heterocycles. The number of carboxylic acid groups (broad SMARTS) is 1. The van der Waals surface area contributed by atoms with Crippen molar-refractivity contribution in [3.8, 4) is 5.75 Å². The summed E-state index contributed by atoms with van der Waals surface area (Å²) in [6, 6.07) is 6.64. The summed E-state index contributed by atoms with van der Waals surface area (Å²) < 4.78 is 10.9. The van der Waals surface area contributed by atoms with E-state index in [1.165, 1.54) is 4.90 Å². The van der Waals surface area contributed by atoms with E-state index in [4.69, 9.17) is 9.47 Å². The van der Waals surface area contributed by atoms with Crippen LogP contribution in [0.25, 0.3) is 0 Å². The van der Waals surface area contributed by atoms with Gasteiger partial charge in [0.15, 0.2) is 12.1 Å². The van der Waals surface area contributed by atoms with Gasteiger partial charge in [-0.2, -0.15) is 0 Å². The van der Waals surface area contributed by atoms with Crippen molar-refractivity contribution in [3.63, 3.8) is 0 Å². The summed E-state index contributed by atoms with van der Waals surface area (Å²) >= 11 is 0. The number of carbonyl (C=O) groups excluding carboxylic acids is 1. The van der Waals surface area contributed by atoms with Crippen molar-refractivity contribution < 1.29 is 24.2 Å². The van der Waals surface area contributed by atoms with Gasteiger partial charge in [0, 0.05) is 6.54 Å². The highest BCUT2D eigenvalue weighted by Crippen LogP contribution is 2.21. The molecular formula is C17H23NO5. The van der Waals surface area contributed by atoms with Crippen LogP contribution in [0.1, 0.15) is 32.3 Å². The maximum Gasteiger partial charge on any atom is 0.328 e. The Balaban J connectivity index is 2.07. The van der Waals surface area contributed by atoms with Crippen molar-refractivity contribution in [2.45, 2.75) is 38.8 Å². The van der Waals surface area contributed by atoms with Crippen LogP contribution in [-0.4, -0.2) is 53.8 Å². The Morgan fingerprint density at radius 2 is 2.09 bits per heavy atom. The Hall–Kier alpha value is -2.08. The fraction of sp³-hybridized carbons (Fsp3) is 0.529. The molecule has 0 aliphatic carbocycles. The fourth-order valence-electron chi connectivity index (χ4n) is 2.51. The molecule has 0 spiro atoms. The van der Waals surface area contributed by atoms with Crippen LogP contribution in [0.2, 0.25) is 0 Å². The number of hydrogen-bond acceptors (Lipinski definition) is 4. The van der Waals surface area contributed by atoms with Gasteiger partial charge >= 0.3 is 5.97 Å². The van der Waals surface area contributed by atoms with Crippen molar-refractivity contribution in [2.24, 2.45) is 0 Å². The van der Waals surface area contributed by atoms with Crippen LogP contribution in [0.5, 0.6) is 5.75 Å². The quantitative estimate of drug-likeness (QED) is 0.896. The van der Waals surface area contributed by atoms with E-state index in [1.54, 1.807) is 13.0 Å². The number of benzene rings is 1. The topological polar surface area (TPSA) is 76.1 Å². The number of amides is 1. The average Bonchev–Trinajstić information content (AvgIpc) is 2.54. The van der Waals surface area contributed by atoms with Gasteiger partial charge < -0.3 is 19.5 Å². The van der Waals surface area contributed by atoms with Gasteiger partial charge in [-0.15, -0.1) is 0 Å². The predicted octanol–water partition coefficient (Wildman–Crippen LogP) is 1.89. The summed E-state index contributed by atoms with van der Waals surface area (Å²) in [7, 11) is 0. The molecule has 1 aliphatic rings. The third-order valence-corrected chi connectivity index (χ3v) is 3.88. The maximum atomic E-state index is 12.5. The maximum absolute atomic E-state index is 12.5. The lowest BCUT2D eigenvalue weighted by Crippen LogP contribution is -2.55. The number of ether oxygens (including phenoxy) is 2. The molecule has 2 atom stereocenters. The first kappa shape index (κ1) is 17.3. The zero-order chi connectivity index (χ0) is 17.0. The van der Waals surface area contributed by atoms with Gasteiger partial charge in [0.25, 0.3) is 5.91 Å². The van der Waals surface area contributed by atoms with Crippen LogP contribution >= 0.6 is 0 Å². The van der Waals surface area contributed by atoms with E-state index in [9.17, 15) is 14.7 Å². The molecule has 1 aromatic rings. The Morgan fingerprint density at radius 3 is 2.74 bits per heavy atom. The molecule has 0 bridgehead atoms. The summed E-state index contributed by atoms with van der Waals surface area (Å²) in [5, 5.41) is 9.21. The third kappa shape index (κ3) is 4.22. The van der Waals surface area contributed by atoms with Gasteiger partial charge in [0.2, 0.25) is 0 Å². The summed E-state index contributed by atoms with van der Waals surface area (Å²) in [6.45, 7) is 6.41. The molecule has 1 amide bonds. The highest BCUT2D eigenvalue weighted by Gasteiger charge is 2.35. The molecule has 0 aromatic heterocycles. The van der Waals surface area contributed by atoms with Gasteiger partial charge in [-0.1, -0.05) is 26.0 Å². The fourth-order valence-corrected chi connectivity index (χ4v) is 2.51. The third-order valence-electron chi connectivity index (χ3n) is 3.88. The van der Waals surface area contributed by atoms with E-state index in [0.717, 1.165) is 5.56 Å². The van der Waals surface area contributed by atoms with Gasteiger partial charge in [-0.05, 0) is 30.5 Å². The standard InChI is InChI=1S/C17H23NO5/c1-11(2)13-5-4-6-14(9-13)23-12(3)16(19)18-7-8-22-10-15(18)17(20)21/h4-6,9,11-12,15H,7-8,10H2,1-3H3,(H,20,21). The molecule has 0 saturated carbocycles. The van der Waals surface area contributed by atoms with E-state index >= 15 is 0 Å². The number of rotatable bonds is 5. The lowest BCUT2D eigenvalue weighted by Gasteiger charge is -2.34. The summed E-state index contributed by atoms with van der Waals surface area (Å²) in [5.41, 5.74) is 1.12. The molecule has 0 radical (unpaired) electrons. The molecule has 1 aromatic carbocycles. The zero-order valence-corrected chi connectivity index (χ0v) is 13.7. The molecule has 6 heteroatoms. The number of carboxylic acids is 1. The van der Waals surface area contributed by atoms with Crippen LogP contribution in [0.3, 0.4) is 0 Å². The predicted molar refractivity (Wildman–Crippen MR) is 84.6 cm³/mol. The van der Waals surface area contributed by atoms with Crippen molar-refractivity contribution in [3.05, 3.63) is 29.8 Å². The van der Waals surface area contributed by atoms with Crippen molar-refractivity contribution >= 4 is 11.9 Å². The van der Waals surface area contributed by atoms with Crippen LogP contribution in [-0.2, 0) is 14.3 Å². The Labute approximate surface area is 136 Å². The lowest BCUT2D eigenvalue weighted by atomic mass is 10.0. The molecule has 23 heavy (non-hydrogen) atoms. The van der Waals surface area contributed by atoms with Crippen LogP contribution in [0.15, 0.2) is 24.3 Å². The van der Waals surface area contributed by atoms with E-state index in [-0.39, 0.29) is 19.1 Å². The van der Waals surface area contributed by atoms with Crippen LogP contribution < -0.4 is 4.74 Å². The van der Waals surface area contributed by atoms with E-state index < -0.39 is 18.1 Å². The summed E-state index contributed by atoms with van der Waals surface area (Å²) in [5.74, 6) is -0.430. The van der Waals surface area contributed by atoms with Gasteiger partial charge in [0.05, 0.1) is 13.2 Å². The van der Waals surface area contributed by atoms with Crippen LogP contribution in [0, 0.1) is 0 Å². The lowest BCUT2D eigenvalue weighted by molar-refractivity contribution is -0.161. The average molecular weight is 321 g/mol. The second-order valence-electron chi connectivity index (χ2n) is 5.95. The molecule has 1 N–H and O–H groups in total.